The van der Waals surface area contributed by atoms with Crippen LogP contribution in [-0.4, -0.2) is 18.9 Å². The van der Waals surface area contributed by atoms with E-state index in [2.05, 4.69) is 10.6 Å². The number of hydrogen-bond acceptors (Lipinski definition) is 5. The Labute approximate surface area is 180 Å². The van der Waals surface area contributed by atoms with E-state index < -0.39 is 0 Å². The molecular formula is C22H17FN2O3S2. The Morgan fingerprint density at radius 2 is 1.67 bits per heavy atom. The Bertz CT molecular complexity index is 1200. The molecule has 8 heteroatoms. The first-order valence-corrected chi connectivity index (χ1v) is 10.7. The van der Waals surface area contributed by atoms with E-state index in [9.17, 15) is 14.0 Å². The number of halogens is 1. The minimum atomic E-state index is -0.374. The number of ether oxygens (including phenoxy) is 1. The van der Waals surface area contributed by atoms with E-state index in [1.165, 1.54) is 35.8 Å². The van der Waals surface area contributed by atoms with E-state index in [0.29, 0.717) is 36.8 Å². The van der Waals surface area contributed by atoms with Gasteiger partial charge >= 0.3 is 0 Å². The summed E-state index contributed by atoms with van der Waals surface area (Å²) in [4.78, 5) is 26.0. The Hall–Kier alpha value is -3.07. The summed E-state index contributed by atoms with van der Waals surface area (Å²) in [6.07, 6.45) is 0. The van der Waals surface area contributed by atoms with Gasteiger partial charge in [0.2, 0.25) is 0 Å². The van der Waals surface area contributed by atoms with Crippen LogP contribution in [0.5, 0.6) is 0 Å². The molecule has 152 valence electrons. The van der Waals surface area contributed by atoms with E-state index >= 15 is 0 Å². The number of anilines is 2. The van der Waals surface area contributed by atoms with E-state index in [1.807, 2.05) is 11.4 Å². The number of benzene rings is 2. The number of hydrogen-bond donors (Lipinski definition) is 2. The summed E-state index contributed by atoms with van der Waals surface area (Å²) in [5.41, 5.74) is 1.72. The van der Waals surface area contributed by atoms with Crippen molar-refractivity contribution in [1.82, 2.24) is 0 Å². The van der Waals surface area contributed by atoms with E-state index in [1.54, 1.807) is 42.5 Å². The molecule has 0 spiro atoms. The quantitative estimate of drug-likeness (QED) is 0.401. The van der Waals surface area contributed by atoms with Crippen LogP contribution in [0.1, 0.15) is 24.9 Å². The molecule has 0 atom stereocenters. The highest BCUT2D eigenvalue weighted by atomic mass is 32.1. The molecule has 0 fully saturated rings. The number of carbonyl (C=O) groups is 2. The van der Waals surface area contributed by atoms with E-state index in [-0.39, 0.29) is 24.2 Å². The van der Waals surface area contributed by atoms with Crippen molar-refractivity contribution in [2.45, 2.75) is 6.61 Å². The van der Waals surface area contributed by atoms with Crippen molar-refractivity contribution in [3.63, 3.8) is 0 Å². The predicted molar refractivity (Wildman–Crippen MR) is 119 cm³/mol. The molecule has 2 aromatic carbocycles. The van der Waals surface area contributed by atoms with Gasteiger partial charge in [-0.05, 0) is 47.8 Å². The van der Waals surface area contributed by atoms with Crippen molar-refractivity contribution in [3.8, 4) is 0 Å². The zero-order valence-electron chi connectivity index (χ0n) is 15.9. The number of amides is 2. The normalized spacial score (nSPS) is 10.9. The summed E-state index contributed by atoms with van der Waals surface area (Å²) in [5, 5.41) is 7.89. The summed E-state index contributed by atoms with van der Waals surface area (Å²) in [5.74, 6) is -0.892. The molecule has 2 heterocycles. The maximum Gasteiger partial charge on any atom is 0.266 e. The minimum Gasteiger partial charge on any atom is -0.380 e. The second-order valence-electron chi connectivity index (χ2n) is 6.42. The summed E-state index contributed by atoms with van der Waals surface area (Å²) in [6.45, 7) is 0.136. The first-order chi connectivity index (χ1) is 14.6. The lowest BCUT2D eigenvalue weighted by molar-refractivity contribution is 0.102. The summed E-state index contributed by atoms with van der Waals surface area (Å²) in [7, 11) is 1.51. The van der Waals surface area contributed by atoms with Crippen LogP contribution in [-0.2, 0) is 11.3 Å². The smallest absolute Gasteiger partial charge is 0.266 e. The molecular weight excluding hydrogens is 423 g/mol. The third-order valence-electron chi connectivity index (χ3n) is 4.40. The summed E-state index contributed by atoms with van der Waals surface area (Å²) in [6, 6.07) is 15.2. The van der Waals surface area contributed by atoms with E-state index in [4.69, 9.17) is 4.74 Å². The second-order valence-corrected chi connectivity index (χ2v) is 8.42. The number of carbonyl (C=O) groups excluding carboxylic acids is 2. The van der Waals surface area contributed by atoms with Gasteiger partial charge in [-0.25, -0.2) is 4.39 Å². The summed E-state index contributed by atoms with van der Waals surface area (Å²) < 4.78 is 20.2. The molecule has 0 unspecified atom stereocenters. The molecule has 0 saturated carbocycles. The number of methoxy groups -OCH3 is 1. The average molecular weight is 441 g/mol. The molecule has 30 heavy (non-hydrogen) atoms. The number of thiophene rings is 2. The predicted octanol–water partition coefficient (Wildman–Crippen LogP) is 5.75. The largest absolute Gasteiger partial charge is 0.380 e. The van der Waals surface area contributed by atoms with Crippen molar-refractivity contribution in [1.29, 1.82) is 0 Å². The number of nitrogens with one attached hydrogen (secondary N) is 2. The van der Waals surface area contributed by atoms with Gasteiger partial charge in [-0.1, -0.05) is 12.1 Å². The second kappa shape index (κ2) is 8.74. The highest BCUT2D eigenvalue weighted by molar-refractivity contribution is 7.21. The molecule has 2 N–H and O–H groups in total. The monoisotopic (exact) mass is 440 g/mol. The fourth-order valence-corrected chi connectivity index (χ4v) is 4.79. The molecule has 0 aliphatic rings. The van der Waals surface area contributed by atoms with Gasteiger partial charge in [0, 0.05) is 34.1 Å². The maximum atomic E-state index is 14.3. The van der Waals surface area contributed by atoms with Crippen LogP contribution in [0.2, 0.25) is 0 Å². The lowest BCUT2D eigenvalue weighted by Gasteiger charge is -2.08. The van der Waals surface area contributed by atoms with Gasteiger partial charge in [0.25, 0.3) is 11.8 Å². The summed E-state index contributed by atoms with van der Waals surface area (Å²) >= 11 is 2.59. The van der Waals surface area contributed by atoms with Gasteiger partial charge in [-0.15, -0.1) is 22.7 Å². The molecule has 0 radical (unpaired) electrons. The standard InChI is InChI=1S/C22H17FN2O3S2/c1-28-12-15-19-16(23)4-2-5-17(19)30-20(15)22(27)25-14-9-7-13(8-10-14)24-21(26)18-6-3-11-29-18/h2-11H,12H2,1H3,(H,24,26)(H,25,27). The molecule has 5 nitrogen and oxygen atoms in total. The highest BCUT2D eigenvalue weighted by Crippen LogP contribution is 2.34. The van der Waals surface area contributed by atoms with Gasteiger partial charge in [0.15, 0.2) is 0 Å². The lowest BCUT2D eigenvalue weighted by Crippen LogP contribution is -2.13. The van der Waals surface area contributed by atoms with Crippen LogP contribution < -0.4 is 10.6 Å². The Morgan fingerprint density at radius 3 is 2.30 bits per heavy atom. The van der Waals surface area contributed by atoms with Crippen molar-refractivity contribution >= 4 is 55.9 Å². The van der Waals surface area contributed by atoms with Gasteiger partial charge in [-0.3, -0.25) is 9.59 Å². The topological polar surface area (TPSA) is 67.4 Å². The molecule has 0 aliphatic heterocycles. The van der Waals surface area contributed by atoms with Gasteiger partial charge in [0.05, 0.1) is 16.4 Å². The average Bonchev–Trinajstić information content (AvgIpc) is 3.39. The SMILES string of the molecule is COCc1c(C(=O)Nc2ccc(NC(=O)c3cccs3)cc2)sc2cccc(F)c12. The van der Waals surface area contributed by atoms with Crippen LogP contribution in [0.3, 0.4) is 0 Å². The van der Waals surface area contributed by atoms with Crippen LogP contribution in [0, 0.1) is 5.82 Å². The van der Waals surface area contributed by atoms with Crippen LogP contribution in [0.4, 0.5) is 15.8 Å². The first-order valence-electron chi connectivity index (χ1n) is 9.02. The molecule has 2 amide bonds. The Morgan fingerprint density at radius 1 is 0.967 bits per heavy atom. The molecule has 0 aliphatic carbocycles. The zero-order valence-corrected chi connectivity index (χ0v) is 17.5. The van der Waals surface area contributed by atoms with E-state index in [0.717, 1.165) is 0 Å². The number of rotatable bonds is 6. The zero-order chi connectivity index (χ0) is 21.1. The lowest BCUT2D eigenvalue weighted by atomic mass is 10.1. The van der Waals surface area contributed by atoms with Crippen LogP contribution in [0.25, 0.3) is 10.1 Å². The first kappa shape index (κ1) is 20.2. The fourth-order valence-electron chi connectivity index (χ4n) is 3.06. The Balaban J connectivity index is 1.52. The third kappa shape index (κ3) is 4.11. The number of fused-ring (bicyclic) bond motifs is 1. The van der Waals surface area contributed by atoms with Crippen molar-refractivity contribution in [2.75, 3.05) is 17.7 Å². The van der Waals surface area contributed by atoms with Crippen molar-refractivity contribution < 1.29 is 18.7 Å². The molecule has 4 rings (SSSR count). The molecule has 0 saturated heterocycles. The minimum absolute atomic E-state index is 0.136. The van der Waals surface area contributed by atoms with Crippen LogP contribution >= 0.6 is 22.7 Å². The molecule has 4 aromatic rings. The molecule has 2 aromatic heterocycles. The maximum absolute atomic E-state index is 14.3. The highest BCUT2D eigenvalue weighted by Gasteiger charge is 2.21. The fraction of sp³-hybridized carbons (Fsp3) is 0.0909. The van der Waals surface area contributed by atoms with Crippen LogP contribution in [0.15, 0.2) is 60.0 Å². The molecule has 0 bridgehead atoms. The van der Waals surface area contributed by atoms with Gasteiger partial charge in [0.1, 0.15) is 5.82 Å². The Kier molecular flexibility index (Phi) is 5.89. The van der Waals surface area contributed by atoms with Crippen molar-refractivity contribution in [3.05, 3.63) is 81.1 Å². The van der Waals surface area contributed by atoms with Gasteiger partial charge in [-0.2, -0.15) is 0 Å². The van der Waals surface area contributed by atoms with Crippen molar-refractivity contribution in [2.24, 2.45) is 0 Å². The third-order valence-corrected chi connectivity index (χ3v) is 6.47. The van der Waals surface area contributed by atoms with Gasteiger partial charge < -0.3 is 15.4 Å².